The molecule has 9 nitrogen and oxygen atoms in total. The van der Waals surface area contributed by atoms with Crippen LogP contribution in [0.25, 0.3) is 0 Å². The van der Waals surface area contributed by atoms with Crippen molar-refractivity contribution in [1.29, 1.82) is 0 Å². The first-order chi connectivity index (χ1) is 17.9. The third-order valence-electron chi connectivity index (χ3n) is 5.29. The topological polar surface area (TPSA) is 140 Å². The molecule has 0 aliphatic carbocycles. The molecule has 0 aliphatic rings. The molecule has 190 valence electrons. The Labute approximate surface area is 214 Å². The highest BCUT2D eigenvalue weighted by atomic mass is 16.5. The first-order valence-corrected chi connectivity index (χ1v) is 11.5. The fourth-order valence-electron chi connectivity index (χ4n) is 3.31. The Morgan fingerprint density at radius 1 is 0.865 bits per heavy atom. The molecule has 6 N–H and O–H groups in total. The minimum Gasteiger partial charge on any atom is -0.391 e. The largest absolute Gasteiger partial charge is 0.391 e. The lowest BCUT2D eigenvalue weighted by Crippen LogP contribution is -2.51. The Morgan fingerprint density at radius 2 is 1.46 bits per heavy atom. The second-order valence-corrected chi connectivity index (χ2v) is 8.21. The predicted molar refractivity (Wildman–Crippen MR) is 139 cm³/mol. The van der Waals surface area contributed by atoms with Crippen LogP contribution in [0.5, 0.6) is 0 Å². The number of carbonyl (C=O) groups excluding carboxylic acids is 3. The van der Waals surface area contributed by atoms with Crippen molar-refractivity contribution in [3.8, 4) is 11.8 Å². The molecular weight excluding hydrogens is 472 g/mol. The van der Waals surface area contributed by atoms with E-state index >= 15 is 0 Å². The van der Waals surface area contributed by atoms with Crippen molar-refractivity contribution in [2.75, 3.05) is 11.9 Å². The van der Waals surface area contributed by atoms with Crippen LogP contribution >= 0.6 is 0 Å². The van der Waals surface area contributed by atoms with Crippen molar-refractivity contribution in [2.24, 2.45) is 0 Å². The lowest BCUT2D eigenvalue weighted by molar-refractivity contribution is -0.133. The quantitative estimate of drug-likeness (QED) is 0.150. The molecule has 9 heteroatoms. The van der Waals surface area contributed by atoms with Gasteiger partial charge in [-0.15, -0.1) is 0 Å². The Hall–Kier alpha value is -4.49. The normalized spacial score (nSPS) is 11.9. The Balaban J connectivity index is 1.51. The van der Waals surface area contributed by atoms with E-state index in [1.807, 2.05) is 30.3 Å². The van der Waals surface area contributed by atoms with Crippen LogP contribution in [0.2, 0.25) is 0 Å². The first-order valence-electron chi connectivity index (χ1n) is 11.5. The summed E-state index contributed by atoms with van der Waals surface area (Å²) < 4.78 is 0. The van der Waals surface area contributed by atoms with E-state index in [9.17, 15) is 19.5 Å². The fourth-order valence-corrected chi connectivity index (χ4v) is 3.31. The average Bonchev–Trinajstić information content (AvgIpc) is 2.91. The molecule has 3 rings (SSSR count). The number of hydrogen-bond donors (Lipinski definition) is 6. The molecule has 0 aliphatic heterocycles. The van der Waals surface area contributed by atoms with Crippen molar-refractivity contribution in [2.45, 2.75) is 25.6 Å². The van der Waals surface area contributed by atoms with Crippen LogP contribution in [0, 0.1) is 11.8 Å². The van der Waals surface area contributed by atoms with Gasteiger partial charge in [-0.05, 0) is 61.0 Å². The molecule has 2 atom stereocenters. The molecule has 0 fully saturated rings. The third kappa shape index (κ3) is 8.59. The summed E-state index contributed by atoms with van der Waals surface area (Å²) in [5.41, 5.74) is 4.86. The molecule has 0 aromatic heterocycles. The molecule has 0 spiro atoms. The lowest BCUT2D eigenvalue weighted by atomic mass is 10.1. The van der Waals surface area contributed by atoms with Gasteiger partial charge in [-0.2, -0.15) is 0 Å². The summed E-state index contributed by atoms with van der Waals surface area (Å²) in [6.07, 6.45) is -1.20. The van der Waals surface area contributed by atoms with Crippen molar-refractivity contribution in [3.63, 3.8) is 0 Å². The van der Waals surface area contributed by atoms with Crippen LogP contribution < -0.4 is 21.4 Å². The third-order valence-corrected chi connectivity index (χ3v) is 5.29. The Morgan fingerprint density at radius 3 is 2.03 bits per heavy atom. The van der Waals surface area contributed by atoms with Gasteiger partial charge in [0.25, 0.3) is 11.8 Å². The van der Waals surface area contributed by atoms with Crippen LogP contribution in [0.4, 0.5) is 5.69 Å². The molecule has 3 aromatic rings. The van der Waals surface area contributed by atoms with E-state index in [4.69, 9.17) is 5.21 Å². The number of anilines is 1. The van der Waals surface area contributed by atoms with Crippen LogP contribution in [-0.2, 0) is 16.1 Å². The highest BCUT2D eigenvalue weighted by Crippen LogP contribution is 2.10. The smallest absolute Gasteiger partial charge is 0.268 e. The number of aliphatic hydroxyl groups excluding tert-OH is 1. The summed E-state index contributed by atoms with van der Waals surface area (Å²) in [5, 5.41) is 26.7. The van der Waals surface area contributed by atoms with Crippen LogP contribution in [-0.4, -0.2) is 46.7 Å². The maximum absolute atomic E-state index is 12.3. The Bertz CT molecular complexity index is 1260. The molecule has 0 radical (unpaired) electrons. The van der Waals surface area contributed by atoms with Gasteiger partial charge in [0.15, 0.2) is 0 Å². The summed E-state index contributed by atoms with van der Waals surface area (Å²) in [4.78, 5) is 36.1. The van der Waals surface area contributed by atoms with Crippen LogP contribution in [0.1, 0.15) is 34.0 Å². The number of aliphatic hydroxyl groups is 1. The van der Waals surface area contributed by atoms with E-state index in [1.54, 1.807) is 48.5 Å². The van der Waals surface area contributed by atoms with E-state index in [0.29, 0.717) is 17.8 Å². The zero-order valence-corrected chi connectivity index (χ0v) is 20.2. The van der Waals surface area contributed by atoms with Crippen LogP contribution in [0.3, 0.4) is 0 Å². The second kappa shape index (κ2) is 13.6. The van der Waals surface area contributed by atoms with Crippen molar-refractivity contribution in [3.05, 3.63) is 101 Å². The van der Waals surface area contributed by atoms with Gasteiger partial charge in [0.1, 0.15) is 6.04 Å². The van der Waals surface area contributed by atoms with Gasteiger partial charge in [-0.25, -0.2) is 5.48 Å². The summed E-state index contributed by atoms with van der Waals surface area (Å²) >= 11 is 0. The number of amides is 3. The van der Waals surface area contributed by atoms with Crippen molar-refractivity contribution < 1.29 is 24.7 Å². The SMILES string of the molecule is C[C@@H](O)C(NC(=O)c1ccc(C#Cc2ccc(NC(=O)CNCc3ccccc3)cc2)cc1)C(=O)NO. The molecule has 0 bridgehead atoms. The van der Waals surface area contributed by atoms with Gasteiger partial charge in [0, 0.05) is 28.9 Å². The van der Waals surface area contributed by atoms with Gasteiger partial charge in [-0.1, -0.05) is 42.2 Å². The van der Waals surface area contributed by atoms with E-state index in [1.165, 1.54) is 12.4 Å². The molecule has 1 unspecified atom stereocenters. The average molecular weight is 501 g/mol. The molecule has 3 aromatic carbocycles. The minimum absolute atomic E-state index is 0.143. The Kier molecular flexibility index (Phi) is 9.93. The van der Waals surface area contributed by atoms with E-state index in [2.05, 4.69) is 27.8 Å². The van der Waals surface area contributed by atoms with Gasteiger partial charge in [0.2, 0.25) is 5.91 Å². The van der Waals surface area contributed by atoms with Gasteiger partial charge >= 0.3 is 0 Å². The van der Waals surface area contributed by atoms with E-state index in [0.717, 1.165) is 11.1 Å². The number of benzene rings is 3. The highest BCUT2D eigenvalue weighted by Gasteiger charge is 2.25. The zero-order valence-electron chi connectivity index (χ0n) is 20.2. The second-order valence-electron chi connectivity index (χ2n) is 8.21. The minimum atomic E-state index is -1.30. The summed E-state index contributed by atoms with van der Waals surface area (Å²) in [7, 11) is 0. The molecule has 0 saturated carbocycles. The summed E-state index contributed by atoms with van der Waals surface area (Å²) in [6.45, 7) is 2.13. The van der Waals surface area contributed by atoms with E-state index in [-0.39, 0.29) is 18.0 Å². The van der Waals surface area contributed by atoms with E-state index < -0.39 is 24.0 Å². The van der Waals surface area contributed by atoms with Crippen LogP contribution in [0.15, 0.2) is 78.9 Å². The maximum Gasteiger partial charge on any atom is 0.268 e. The van der Waals surface area contributed by atoms with Crippen molar-refractivity contribution in [1.82, 2.24) is 16.1 Å². The number of carbonyl (C=O) groups is 3. The molecular formula is C28H28N4O5. The van der Waals surface area contributed by atoms with Gasteiger partial charge in [-0.3, -0.25) is 19.6 Å². The fraction of sp³-hybridized carbons (Fsp3) is 0.179. The molecule has 0 saturated heterocycles. The molecule has 3 amide bonds. The van der Waals surface area contributed by atoms with Gasteiger partial charge < -0.3 is 21.1 Å². The standard InChI is InChI=1S/C28H28N4O5/c1-19(33)26(28(36)32-37)31-27(35)23-13-9-20(10-14-23)7-8-21-11-15-24(16-12-21)30-25(34)18-29-17-22-5-3-2-4-6-22/h2-6,9-16,19,26,29,33,37H,17-18H2,1H3,(H,30,34)(H,31,35)(H,32,36)/t19-,26?/m1/s1. The molecule has 37 heavy (non-hydrogen) atoms. The monoisotopic (exact) mass is 500 g/mol. The number of hydrogen-bond acceptors (Lipinski definition) is 6. The highest BCUT2D eigenvalue weighted by molar-refractivity contribution is 5.97. The van der Waals surface area contributed by atoms with Crippen molar-refractivity contribution >= 4 is 23.4 Å². The summed E-state index contributed by atoms with van der Waals surface area (Å²) in [5.74, 6) is 4.38. The number of hydroxylamine groups is 1. The first kappa shape index (κ1) is 27.1. The summed E-state index contributed by atoms with van der Waals surface area (Å²) in [6, 6.07) is 22.1. The zero-order chi connectivity index (χ0) is 26.6. The predicted octanol–water partition coefficient (Wildman–Crippen LogP) is 1.80. The number of nitrogens with one attached hydrogen (secondary N) is 4. The van der Waals surface area contributed by atoms with Gasteiger partial charge in [0.05, 0.1) is 12.6 Å². The molecule has 0 heterocycles. The maximum atomic E-state index is 12.3. The lowest BCUT2D eigenvalue weighted by Gasteiger charge is -2.19. The number of rotatable bonds is 9.